The molecule has 0 saturated carbocycles. The van der Waals surface area contributed by atoms with Gasteiger partial charge in [0.25, 0.3) is 0 Å². The second-order valence-electron chi connectivity index (χ2n) is 2.75. The molecule has 5 N–H and O–H groups in total. The van der Waals surface area contributed by atoms with Gasteiger partial charge in [0.15, 0.2) is 0 Å². The van der Waals surface area contributed by atoms with Gasteiger partial charge in [0, 0.05) is 7.11 Å². The van der Waals surface area contributed by atoms with Crippen LogP contribution < -0.4 is 0 Å². The first kappa shape index (κ1) is 12.8. The Morgan fingerprint density at radius 3 is 1.85 bits per heavy atom. The van der Waals surface area contributed by atoms with Crippen molar-refractivity contribution in [1.29, 1.82) is 0 Å². The van der Waals surface area contributed by atoms with Crippen LogP contribution in [-0.2, 0) is 4.74 Å². The van der Waals surface area contributed by atoms with Crippen molar-refractivity contribution in [3.63, 3.8) is 0 Å². The summed E-state index contributed by atoms with van der Waals surface area (Å²) in [4.78, 5) is 0. The van der Waals surface area contributed by atoms with Gasteiger partial charge >= 0.3 is 0 Å². The van der Waals surface area contributed by atoms with Crippen molar-refractivity contribution in [1.82, 2.24) is 0 Å². The Labute approximate surface area is 76.0 Å². The third kappa shape index (κ3) is 3.99. The monoisotopic (exact) mass is 196 g/mol. The quantitative estimate of drug-likeness (QED) is 0.311. The fourth-order valence-electron chi connectivity index (χ4n) is 0.833. The van der Waals surface area contributed by atoms with Gasteiger partial charge in [-0.15, -0.1) is 0 Å². The van der Waals surface area contributed by atoms with Crippen LogP contribution >= 0.6 is 0 Å². The molecule has 6 nitrogen and oxygen atoms in total. The van der Waals surface area contributed by atoms with E-state index in [1.54, 1.807) is 0 Å². The number of methoxy groups -OCH3 is 1. The highest BCUT2D eigenvalue weighted by Crippen LogP contribution is 2.04. The van der Waals surface area contributed by atoms with Gasteiger partial charge in [-0.25, -0.2) is 0 Å². The number of ether oxygens (including phenoxy) is 1. The first-order valence-corrected chi connectivity index (χ1v) is 3.86. The molecule has 6 heteroatoms. The molecule has 0 saturated heterocycles. The molecule has 80 valence electrons. The molecule has 0 aliphatic heterocycles. The highest BCUT2D eigenvalue weighted by atomic mass is 16.5. The molecular formula is C7H16O6. The summed E-state index contributed by atoms with van der Waals surface area (Å²) in [6, 6.07) is 0. The zero-order valence-corrected chi connectivity index (χ0v) is 7.37. The highest BCUT2D eigenvalue weighted by Gasteiger charge is 2.29. The van der Waals surface area contributed by atoms with Crippen LogP contribution in [0.25, 0.3) is 0 Å². The van der Waals surface area contributed by atoms with Crippen LogP contribution in [0.3, 0.4) is 0 Å². The fraction of sp³-hybridized carbons (Fsp3) is 1.00. The minimum atomic E-state index is -1.59. The molecule has 0 aliphatic carbocycles. The minimum absolute atomic E-state index is 0.156. The molecule has 13 heavy (non-hydrogen) atoms. The normalized spacial score (nSPS) is 20.8. The zero-order chi connectivity index (χ0) is 10.4. The van der Waals surface area contributed by atoms with Crippen LogP contribution in [0.15, 0.2) is 0 Å². The summed E-state index contributed by atoms with van der Waals surface area (Å²) in [5, 5.41) is 44.7. The summed E-state index contributed by atoms with van der Waals surface area (Å²) in [5.74, 6) is 0. The smallest absolute Gasteiger partial charge is 0.111 e. The van der Waals surface area contributed by atoms with E-state index in [-0.39, 0.29) is 6.61 Å². The standard InChI is InChI=1S/C7H16O6/c1-13-3-5(10)7(12)6(11)4(9)2-8/h4-12H,2-3H2,1H3/t4?,5-,6+,7+/m0/s1. The van der Waals surface area contributed by atoms with Crippen molar-refractivity contribution >= 4 is 0 Å². The first-order chi connectivity index (χ1) is 6.04. The lowest BCUT2D eigenvalue weighted by atomic mass is 10.0. The van der Waals surface area contributed by atoms with E-state index in [2.05, 4.69) is 4.74 Å². The van der Waals surface area contributed by atoms with Crippen molar-refractivity contribution in [2.75, 3.05) is 20.3 Å². The maximum atomic E-state index is 9.17. The molecule has 1 unspecified atom stereocenters. The SMILES string of the molecule is COC[C@H](O)[C@@H](O)[C@H](O)C(O)CO. The van der Waals surface area contributed by atoms with Crippen LogP contribution in [0.4, 0.5) is 0 Å². The van der Waals surface area contributed by atoms with E-state index in [1.165, 1.54) is 7.11 Å². The van der Waals surface area contributed by atoms with Gasteiger partial charge in [0.1, 0.15) is 24.4 Å². The molecule has 0 aliphatic rings. The van der Waals surface area contributed by atoms with Gasteiger partial charge in [-0.05, 0) is 0 Å². The molecule has 0 spiro atoms. The Kier molecular flexibility index (Phi) is 6.13. The van der Waals surface area contributed by atoms with Gasteiger partial charge in [0.05, 0.1) is 13.2 Å². The van der Waals surface area contributed by atoms with Gasteiger partial charge < -0.3 is 30.3 Å². The maximum Gasteiger partial charge on any atom is 0.111 e. The van der Waals surface area contributed by atoms with Gasteiger partial charge in [-0.2, -0.15) is 0 Å². The molecule has 0 bridgehead atoms. The zero-order valence-electron chi connectivity index (χ0n) is 7.37. The lowest BCUT2D eigenvalue weighted by Crippen LogP contribution is -2.47. The molecule has 0 aromatic carbocycles. The Morgan fingerprint density at radius 2 is 1.46 bits per heavy atom. The summed E-state index contributed by atoms with van der Waals surface area (Å²) in [6.45, 7) is -0.839. The van der Waals surface area contributed by atoms with Crippen LogP contribution in [0, 0.1) is 0 Å². The summed E-state index contributed by atoms with van der Waals surface area (Å²) in [5.41, 5.74) is 0. The lowest BCUT2D eigenvalue weighted by Gasteiger charge is -2.24. The van der Waals surface area contributed by atoms with Crippen molar-refractivity contribution in [3.8, 4) is 0 Å². The molecular weight excluding hydrogens is 180 g/mol. The predicted molar refractivity (Wildman–Crippen MR) is 43.0 cm³/mol. The van der Waals surface area contributed by atoms with Gasteiger partial charge in [0.2, 0.25) is 0 Å². The summed E-state index contributed by atoms with van der Waals surface area (Å²) in [6.07, 6.45) is -5.89. The third-order valence-corrected chi connectivity index (χ3v) is 1.66. The topological polar surface area (TPSA) is 110 Å². The summed E-state index contributed by atoms with van der Waals surface area (Å²) in [7, 11) is 1.32. The second kappa shape index (κ2) is 6.25. The maximum absolute atomic E-state index is 9.17. The molecule has 0 fully saturated rings. The number of hydrogen-bond acceptors (Lipinski definition) is 6. The van der Waals surface area contributed by atoms with Crippen LogP contribution in [0.2, 0.25) is 0 Å². The van der Waals surface area contributed by atoms with Crippen molar-refractivity contribution < 1.29 is 30.3 Å². The third-order valence-electron chi connectivity index (χ3n) is 1.66. The summed E-state index contributed by atoms with van der Waals surface area (Å²) < 4.78 is 4.52. The Bertz CT molecular complexity index is 130. The van der Waals surface area contributed by atoms with Crippen molar-refractivity contribution in [2.45, 2.75) is 24.4 Å². The number of aliphatic hydroxyl groups is 5. The van der Waals surface area contributed by atoms with Crippen LogP contribution in [0.5, 0.6) is 0 Å². The summed E-state index contributed by atoms with van der Waals surface area (Å²) >= 11 is 0. The molecule has 0 aromatic rings. The van der Waals surface area contributed by atoms with E-state index in [1.807, 2.05) is 0 Å². The van der Waals surface area contributed by atoms with Crippen molar-refractivity contribution in [3.05, 3.63) is 0 Å². The van der Waals surface area contributed by atoms with E-state index in [0.717, 1.165) is 0 Å². The van der Waals surface area contributed by atoms with Gasteiger partial charge in [-0.3, -0.25) is 0 Å². The molecule has 0 rings (SSSR count). The second-order valence-corrected chi connectivity index (χ2v) is 2.75. The Morgan fingerprint density at radius 1 is 1.00 bits per heavy atom. The van der Waals surface area contributed by atoms with E-state index in [0.29, 0.717) is 0 Å². The first-order valence-electron chi connectivity index (χ1n) is 3.86. The van der Waals surface area contributed by atoms with Crippen LogP contribution in [0.1, 0.15) is 0 Å². The van der Waals surface area contributed by atoms with E-state index >= 15 is 0 Å². The molecule has 0 heterocycles. The Balaban J connectivity index is 3.99. The Hall–Kier alpha value is -0.240. The minimum Gasteiger partial charge on any atom is -0.394 e. The van der Waals surface area contributed by atoms with E-state index in [9.17, 15) is 0 Å². The highest BCUT2D eigenvalue weighted by molar-refractivity contribution is 4.80. The molecule has 0 amide bonds. The lowest BCUT2D eigenvalue weighted by molar-refractivity contribution is -0.126. The largest absolute Gasteiger partial charge is 0.394 e. The average molecular weight is 196 g/mol. The molecule has 0 aromatic heterocycles. The van der Waals surface area contributed by atoms with E-state index < -0.39 is 31.0 Å². The van der Waals surface area contributed by atoms with Gasteiger partial charge in [-0.1, -0.05) is 0 Å². The van der Waals surface area contributed by atoms with E-state index in [4.69, 9.17) is 25.5 Å². The predicted octanol–water partition coefficient (Wildman–Crippen LogP) is -2.93. The molecule has 0 radical (unpaired) electrons. The fourth-order valence-corrected chi connectivity index (χ4v) is 0.833. The number of hydrogen-bond donors (Lipinski definition) is 5. The average Bonchev–Trinajstić information content (AvgIpc) is 2.14. The molecule has 4 atom stereocenters. The van der Waals surface area contributed by atoms with Crippen molar-refractivity contribution in [2.24, 2.45) is 0 Å². The number of aliphatic hydroxyl groups excluding tert-OH is 5. The van der Waals surface area contributed by atoms with Crippen LogP contribution in [-0.4, -0.2) is 70.3 Å². The number of rotatable bonds is 6.